The average molecular weight is 299 g/mol. The van der Waals surface area contributed by atoms with Crippen molar-refractivity contribution in [1.29, 1.82) is 0 Å². The zero-order valence-corrected chi connectivity index (χ0v) is 12.2. The Labute approximate surface area is 123 Å². The normalized spacial score (nSPS) is 9.90. The van der Waals surface area contributed by atoms with Crippen LogP contribution in [0.2, 0.25) is 5.02 Å². The van der Waals surface area contributed by atoms with Crippen molar-refractivity contribution in [3.8, 4) is 0 Å². The molecule has 1 aromatic rings. The lowest BCUT2D eigenvalue weighted by molar-refractivity contribution is -0.140. The molecule has 0 aliphatic rings. The van der Waals surface area contributed by atoms with Crippen LogP contribution in [0.1, 0.15) is 25.7 Å². The quantitative estimate of drug-likeness (QED) is 0.600. The molecule has 0 heterocycles. The molecule has 5 nitrogen and oxygen atoms in total. The van der Waals surface area contributed by atoms with Crippen LogP contribution >= 0.6 is 11.6 Å². The number of esters is 1. The lowest BCUT2D eigenvalue weighted by Gasteiger charge is -2.07. The van der Waals surface area contributed by atoms with Gasteiger partial charge in [0.25, 0.3) is 0 Å². The first-order valence-corrected chi connectivity index (χ1v) is 6.87. The first-order valence-electron chi connectivity index (χ1n) is 6.49. The summed E-state index contributed by atoms with van der Waals surface area (Å²) in [5.41, 5.74) is 0.653. The molecule has 0 unspecified atom stereocenters. The van der Waals surface area contributed by atoms with Crippen LogP contribution in [0.5, 0.6) is 0 Å². The smallest absolute Gasteiger partial charge is 0.319 e. The largest absolute Gasteiger partial charge is 0.469 e. The van der Waals surface area contributed by atoms with Gasteiger partial charge in [0, 0.05) is 23.7 Å². The number of rotatable bonds is 7. The number of amides is 2. The second-order valence-electron chi connectivity index (χ2n) is 4.28. The molecule has 0 aromatic heterocycles. The molecule has 0 aliphatic heterocycles. The first-order chi connectivity index (χ1) is 9.61. The summed E-state index contributed by atoms with van der Waals surface area (Å²) in [7, 11) is 1.38. The van der Waals surface area contributed by atoms with Gasteiger partial charge in [0.15, 0.2) is 0 Å². The fourth-order valence-corrected chi connectivity index (χ4v) is 1.81. The second kappa shape index (κ2) is 9.20. The van der Waals surface area contributed by atoms with Crippen LogP contribution in [0.4, 0.5) is 10.5 Å². The first kappa shape index (κ1) is 16.3. The zero-order chi connectivity index (χ0) is 14.8. The summed E-state index contributed by atoms with van der Waals surface area (Å²) in [6.45, 7) is 0.563. The Morgan fingerprint density at radius 1 is 1.25 bits per heavy atom. The van der Waals surface area contributed by atoms with Crippen LogP contribution in [0.25, 0.3) is 0 Å². The molecule has 2 N–H and O–H groups in total. The van der Waals surface area contributed by atoms with E-state index in [1.165, 1.54) is 7.11 Å². The molecular weight excluding hydrogens is 280 g/mol. The van der Waals surface area contributed by atoms with Crippen LogP contribution < -0.4 is 10.6 Å². The van der Waals surface area contributed by atoms with Crippen LogP contribution in [0.3, 0.4) is 0 Å². The third-order valence-electron chi connectivity index (χ3n) is 2.65. The van der Waals surface area contributed by atoms with E-state index in [1.54, 1.807) is 24.3 Å². The van der Waals surface area contributed by atoms with E-state index in [1.807, 2.05) is 0 Å². The molecule has 20 heavy (non-hydrogen) atoms. The van der Waals surface area contributed by atoms with Crippen molar-refractivity contribution in [2.75, 3.05) is 19.0 Å². The van der Waals surface area contributed by atoms with Crippen LogP contribution in [0, 0.1) is 0 Å². The number of hydrogen-bond acceptors (Lipinski definition) is 3. The van der Waals surface area contributed by atoms with Crippen LogP contribution in [0.15, 0.2) is 24.3 Å². The third kappa shape index (κ3) is 6.99. The SMILES string of the molecule is COC(=O)CCCCCNC(=O)Nc1cccc(Cl)c1. The Hall–Kier alpha value is -1.75. The number of hydrogen-bond donors (Lipinski definition) is 2. The predicted molar refractivity (Wildman–Crippen MR) is 79.0 cm³/mol. The van der Waals surface area contributed by atoms with Crippen molar-refractivity contribution in [3.63, 3.8) is 0 Å². The summed E-state index contributed by atoms with van der Waals surface area (Å²) < 4.78 is 4.54. The van der Waals surface area contributed by atoms with Gasteiger partial charge in [-0.25, -0.2) is 4.79 Å². The lowest BCUT2D eigenvalue weighted by Crippen LogP contribution is -2.29. The van der Waals surface area contributed by atoms with E-state index in [0.29, 0.717) is 23.7 Å². The molecule has 0 saturated heterocycles. The molecule has 0 radical (unpaired) electrons. The highest BCUT2D eigenvalue weighted by molar-refractivity contribution is 6.30. The summed E-state index contributed by atoms with van der Waals surface area (Å²) in [5.74, 6) is -0.198. The van der Waals surface area contributed by atoms with Gasteiger partial charge in [0.2, 0.25) is 0 Å². The molecule has 0 spiro atoms. The number of carbonyl (C=O) groups is 2. The van der Waals surface area contributed by atoms with E-state index in [-0.39, 0.29) is 12.0 Å². The monoisotopic (exact) mass is 298 g/mol. The number of carbonyl (C=O) groups excluding carboxylic acids is 2. The summed E-state index contributed by atoms with van der Waals surface area (Å²) in [6.07, 6.45) is 2.88. The summed E-state index contributed by atoms with van der Waals surface area (Å²) in [4.78, 5) is 22.4. The van der Waals surface area contributed by atoms with Crippen molar-refractivity contribution in [2.24, 2.45) is 0 Å². The second-order valence-corrected chi connectivity index (χ2v) is 4.71. The standard InChI is InChI=1S/C14H19ClN2O3/c1-20-13(18)8-3-2-4-9-16-14(19)17-12-7-5-6-11(15)10-12/h5-7,10H,2-4,8-9H2,1H3,(H2,16,17,19). The van der Waals surface area contributed by atoms with Gasteiger partial charge in [0.05, 0.1) is 7.11 Å². The lowest BCUT2D eigenvalue weighted by atomic mass is 10.2. The van der Waals surface area contributed by atoms with Gasteiger partial charge in [0.1, 0.15) is 0 Å². The van der Waals surface area contributed by atoms with Gasteiger partial charge >= 0.3 is 12.0 Å². The molecule has 0 fully saturated rings. The number of anilines is 1. The van der Waals surface area contributed by atoms with Crippen molar-refractivity contribution < 1.29 is 14.3 Å². The number of halogens is 1. The molecule has 110 valence electrons. The Kier molecular flexibility index (Phi) is 7.50. The number of unbranched alkanes of at least 4 members (excludes halogenated alkanes) is 2. The fourth-order valence-electron chi connectivity index (χ4n) is 1.62. The van der Waals surface area contributed by atoms with E-state index in [9.17, 15) is 9.59 Å². The number of urea groups is 1. The van der Waals surface area contributed by atoms with E-state index in [0.717, 1.165) is 19.3 Å². The maximum Gasteiger partial charge on any atom is 0.319 e. The highest BCUT2D eigenvalue weighted by Crippen LogP contribution is 2.14. The summed E-state index contributed by atoms with van der Waals surface area (Å²) in [6, 6.07) is 6.69. The minimum atomic E-state index is -0.264. The van der Waals surface area contributed by atoms with Gasteiger partial charge in [-0.05, 0) is 31.0 Å². The topological polar surface area (TPSA) is 67.4 Å². The molecule has 0 atom stereocenters. The highest BCUT2D eigenvalue weighted by atomic mass is 35.5. The minimum absolute atomic E-state index is 0.198. The van der Waals surface area contributed by atoms with Gasteiger partial charge in [-0.3, -0.25) is 4.79 Å². The van der Waals surface area contributed by atoms with Crippen LogP contribution in [-0.2, 0) is 9.53 Å². The number of methoxy groups -OCH3 is 1. The Balaban J connectivity index is 2.10. The third-order valence-corrected chi connectivity index (χ3v) is 2.89. The van der Waals surface area contributed by atoms with Crippen LogP contribution in [-0.4, -0.2) is 25.7 Å². The van der Waals surface area contributed by atoms with Gasteiger partial charge in [-0.1, -0.05) is 24.1 Å². The Morgan fingerprint density at radius 3 is 2.75 bits per heavy atom. The minimum Gasteiger partial charge on any atom is -0.469 e. The molecule has 1 rings (SSSR count). The van der Waals surface area contributed by atoms with E-state index in [4.69, 9.17) is 11.6 Å². The number of nitrogens with one attached hydrogen (secondary N) is 2. The fraction of sp³-hybridized carbons (Fsp3) is 0.429. The number of ether oxygens (including phenoxy) is 1. The highest BCUT2D eigenvalue weighted by Gasteiger charge is 2.02. The number of benzene rings is 1. The summed E-state index contributed by atoms with van der Waals surface area (Å²) in [5, 5.41) is 6.01. The maximum atomic E-state index is 11.6. The van der Waals surface area contributed by atoms with Crippen molar-refractivity contribution in [1.82, 2.24) is 5.32 Å². The van der Waals surface area contributed by atoms with Crippen molar-refractivity contribution >= 4 is 29.3 Å². The van der Waals surface area contributed by atoms with E-state index < -0.39 is 0 Å². The zero-order valence-electron chi connectivity index (χ0n) is 11.4. The summed E-state index contributed by atoms with van der Waals surface area (Å²) >= 11 is 5.82. The van der Waals surface area contributed by atoms with Gasteiger partial charge in [-0.2, -0.15) is 0 Å². The van der Waals surface area contributed by atoms with E-state index >= 15 is 0 Å². The molecule has 6 heteroatoms. The van der Waals surface area contributed by atoms with Crippen molar-refractivity contribution in [2.45, 2.75) is 25.7 Å². The molecule has 0 aliphatic carbocycles. The maximum absolute atomic E-state index is 11.6. The molecule has 0 saturated carbocycles. The molecule has 1 aromatic carbocycles. The van der Waals surface area contributed by atoms with Crippen molar-refractivity contribution in [3.05, 3.63) is 29.3 Å². The predicted octanol–water partition coefficient (Wildman–Crippen LogP) is 3.19. The molecule has 2 amide bonds. The average Bonchev–Trinajstić information content (AvgIpc) is 2.42. The molecular formula is C14H19ClN2O3. The Bertz CT molecular complexity index is 452. The van der Waals surface area contributed by atoms with E-state index in [2.05, 4.69) is 15.4 Å². The van der Waals surface area contributed by atoms with Gasteiger partial charge < -0.3 is 15.4 Å². The van der Waals surface area contributed by atoms with Gasteiger partial charge in [-0.15, -0.1) is 0 Å². The molecule has 0 bridgehead atoms. The Morgan fingerprint density at radius 2 is 2.05 bits per heavy atom.